The Morgan fingerprint density at radius 3 is 2.52 bits per heavy atom. The van der Waals surface area contributed by atoms with Crippen LogP contribution in [-0.2, 0) is 48.0 Å². The average Bonchev–Trinajstić information content (AvgIpc) is 1.63. The summed E-state index contributed by atoms with van der Waals surface area (Å²) in [6.07, 6.45) is 9.16. The molecule has 0 radical (unpaired) electrons. The third-order valence-corrected chi connectivity index (χ3v) is 21.7. The molecule has 3 aromatic heterocycles. The Hall–Kier alpha value is -5.19. The summed E-state index contributed by atoms with van der Waals surface area (Å²) in [7, 11) is 0. The number of nitrogens with zero attached hydrogens (tertiary/aromatic N) is 9. The van der Waals surface area contributed by atoms with E-state index in [-0.39, 0.29) is 60.6 Å². The third kappa shape index (κ3) is 11.5. The van der Waals surface area contributed by atoms with E-state index in [1.165, 1.54) is 46.6 Å². The fraction of sp³-hybridized carbons (Fsp3) is 0.688. The lowest BCUT2D eigenvalue weighted by Gasteiger charge is -2.44. The number of amides is 3. The number of rotatable bonds is 11. The number of hydrogen-bond donors (Lipinski definition) is 2. The van der Waals surface area contributed by atoms with Gasteiger partial charge in [-0.1, -0.05) is 46.6 Å². The van der Waals surface area contributed by atoms with Crippen LogP contribution in [0.5, 0.6) is 0 Å². The smallest absolute Gasteiger partial charge is 0.406 e. The number of cyclic esters (lactones) is 1. The van der Waals surface area contributed by atoms with Crippen LogP contribution in [0.4, 0.5) is 18.9 Å². The number of thiazole rings is 1. The number of aromatic nitrogens is 3. The Labute approximate surface area is 500 Å². The van der Waals surface area contributed by atoms with E-state index in [9.17, 15) is 9.59 Å². The zero-order valence-corrected chi connectivity index (χ0v) is 50.7. The predicted octanol–water partition coefficient (Wildman–Crippen LogP) is 7.79. The monoisotopic (exact) mass is 1190 g/mol. The minimum atomic E-state index is -4.58. The van der Waals surface area contributed by atoms with Crippen molar-refractivity contribution in [2.75, 3.05) is 83.6 Å². The van der Waals surface area contributed by atoms with Crippen LogP contribution in [0.1, 0.15) is 127 Å². The first kappa shape index (κ1) is 57.5. The highest BCUT2D eigenvalue weighted by molar-refractivity contribution is 7.10. The Bertz CT molecular complexity index is 3210. The fourth-order valence-electron chi connectivity index (χ4n) is 16.2. The van der Waals surface area contributed by atoms with E-state index in [4.69, 9.17) is 19.4 Å². The van der Waals surface area contributed by atoms with E-state index < -0.39 is 42.2 Å². The second kappa shape index (κ2) is 22.4. The normalized spacial score (nSPS) is 30.1. The lowest BCUT2D eigenvalue weighted by atomic mass is 9.84. The van der Waals surface area contributed by atoms with Crippen molar-refractivity contribution in [1.29, 1.82) is 0 Å². The van der Waals surface area contributed by atoms with Crippen molar-refractivity contribution in [2.45, 2.75) is 179 Å². The largest absolute Gasteiger partial charge is 0.464 e. The molecule has 4 aromatic rings. The molecule has 21 heteroatoms. The number of fused-ring (bicyclic) bond motifs is 7. The number of nitrogens with one attached hydrogen (secondary N) is 2. The van der Waals surface area contributed by atoms with E-state index >= 15 is 22.8 Å². The Morgan fingerprint density at radius 2 is 1.74 bits per heavy atom. The van der Waals surface area contributed by atoms with Gasteiger partial charge in [-0.3, -0.25) is 43.9 Å². The number of carbonyl (C=O) groups excluding carboxylic acids is 4. The molecular formula is C64H84F3N11O6S. The first-order chi connectivity index (χ1) is 40.9. The number of esters is 1. The maximum Gasteiger partial charge on any atom is 0.406 e. The van der Waals surface area contributed by atoms with Crippen LogP contribution in [0.25, 0.3) is 33.4 Å². The Morgan fingerprint density at radius 1 is 0.929 bits per heavy atom. The summed E-state index contributed by atoms with van der Waals surface area (Å²) in [5.74, 6) is -0.126. The van der Waals surface area contributed by atoms with Crippen molar-refractivity contribution in [3.8, 4) is 22.5 Å². The van der Waals surface area contributed by atoms with Gasteiger partial charge < -0.3 is 29.2 Å². The highest BCUT2D eigenvalue weighted by Crippen LogP contribution is 2.54. The molecule has 1 unspecified atom stereocenters. The molecule has 10 aliphatic rings. The molecule has 10 heterocycles. The number of morpholine rings is 1. The van der Waals surface area contributed by atoms with Crippen molar-refractivity contribution in [3.05, 3.63) is 52.1 Å². The molecule has 6 bridgehead atoms. The maximum absolute atomic E-state index is 15.3. The maximum atomic E-state index is 15.3. The molecule has 6 saturated heterocycles. The highest BCUT2D eigenvalue weighted by atomic mass is 32.1. The van der Waals surface area contributed by atoms with Gasteiger partial charge in [0.2, 0.25) is 11.8 Å². The Kier molecular flexibility index (Phi) is 15.2. The van der Waals surface area contributed by atoms with E-state index in [0.29, 0.717) is 113 Å². The lowest BCUT2D eigenvalue weighted by Crippen LogP contribution is -2.62. The number of pyridine rings is 1. The average molecular weight is 1190 g/mol. The van der Waals surface area contributed by atoms with Crippen LogP contribution in [-0.4, -0.2) is 190 Å². The molecule has 8 atom stereocenters. The quantitative estimate of drug-likeness (QED) is 0.111. The molecule has 3 amide bonds. The minimum Gasteiger partial charge on any atom is -0.464 e. The fourth-order valence-corrected chi connectivity index (χ4v) is 17.0. The second-order valence-corrected chi connectivity index (χ2v) is 29.0. The van der Waals surface area contributed by atoms with Crippen LogP contribution in [0, 0.1) is 22.7 Å². The molecular weight excluding hydrogens is 1110 g/mol. The second-order valence-electron chi connectivity index (χ2n) is 28.1. The molecule has 1 spiro atoms. The molecule has 458 valence electrons. The lowest BCUT2D eigenvalue weighted by molar-refractivity contribution is -0.155. The molecule has 85 heavy (non-hydrogen) atoms. The van der Waals surface area contributed by atoms with Gasteiger partial charge in [0, 0.05) is 109 Å². The first-order valence-electron chi connectivity index (χ1n) is 31.9. The number of alkyl halides is 3. The van der Waals surface area contributed by atoms with Gasteiger partial charge in [-0.15, -0.1) is 11.3 Å². The number of anilines is 1. The third-order valence-electron chi connectivity index (χ3n) is 20.8. The molecule has 14 rings (SSSR count). The van der Waals surface area contributed by atoms with E-state index in [2.05, 4.69) is 35.2 Å². The van der Waals surface area contributed by atoms with Crippen molar-refractivity contribution >= 4 is 51.6 Å². The van der Waals surface area contributed by atoms with Crippen LogP contribution < -0.4 is 15.6 Å². The molecule has 17 nitrogen and oxygen atoms in total. The number of carbonyl (C=O) groups is 4. The van der Waals surface area contributed by atoms with Gasteiger partial charge in [0.1, 0.15) is 24.7 Å². The van der Waals surface area contributed by atoms with Crippen LogP contribution >= 0.6 is 11.3 Å². The molecule has 7 aliphatic heterocycles. The number of likely N-dealkylation sites (tertiary alicyclic amines) is 2. The number of piperazine rings is 1. The topological polar surface area (TPSA) is 161 Å². The van der Waals surface area contributed by atoms with Crippen molar-refractivity contribution in [3.63, 3.8) is 0 Å². The van der Waals surface area contributed by atoms with Crippen LogP contribution in [0.3, 0.4) is 0 Å². The minimum absolute atomic E-state index is 0.0422. The van der Waals surface area contributed by atoms with Gasteiger partial charge in [-0.25, -0.2) is 10.4 Å². The van der Waals surface area contributed by atoms with E-state index in [0.717, 1.165) is 90.0 Å². The summed E-state index contributed by atoms with van der Waals surface area (Å²) in [5.41, 5.74) is 7.35. The van der Waals surface area contributed by atoms with Crippen LogP contribution in [0.2, 0.25) is 0 Å². The highest BCUT2D eigenvalue weighted by Gasteiger charge is 2.64. The first-order valence-corrected chi connectivity index (χ1v) is 32.8. The molecule has 3 aliphatic carbocycles. The van der Waals surface area contributed by atoms with Crippen molar-refractivity contribution < 1.29 is 41.8 Å². The summed E-state index contributed by atoms with van der Waals surface area (Å²) in [6.45, 7) is 14.4. The number of hydrazine groups is 1. The van der Waals surface area contributed by atoms with Gasteiger partial charge in [0.15, 0.2) is 0 Å². The number of benzene rings is 1. The summed E-state index contributed by atoms with van der Waals surface area (Å²) in [4.78, 5) is 81.0. The number of hydrogen-bond acceptors (Lipinski definition) is 14. The zero-order chi connectivity index (χ0) is 58.7. The summed E-state index contributed by atoms with van der Waals surface area (Å²) in [5, 5.41) is 7.96. The standard InChI is InChI=1S/C64H84F3N11O6S/c1-38(2)53-46(27-43(30-68-53)73-23-22-72-24-25-83-32-44(72)31-73)56-47-29-62(3,4)37-84-61(82)48-10-7-19-77(71-48)59(80)49(28-52-69-50(33-85-52)41-13-16-51(45(47)26-41)76(56)36-64(65,66)67)70-58(79)55(39-8-5-6-9-39)74-20-17-63(34-74)18-21-75(35-63)60(81)57-54(40-11-12-40)78(57)42-14-15-42/h13,16,26-27,30,33,38-40,42,44,48-49,54-55,57,71H,5-12,14-15,17-25,28-29,31-32,34-37H2,1-4H3,(H,70,79)/t44-,48-,49-,54+,55-,57+,63-,78?/m0/s1. The molecule has 2 N–H and O–H groups in total. The van der Waals surface area contributed by atoms with Crippen molar-refractivity contribution in [2.24, 2.45) is 22.7 Å². The number of ether oxygens (including phenoxy) is 2. The molecule has 3 saturated carbocycles. The predicted molar refractivity (Wildman–Crippen MR) is 317 cm³/mol. The van der Waals surface area contributed by atoms with Gasteiger partial charge in [-0.2, -0.15) is 13.2 Å². The Balaban J connectivity index is 0.788. The van der Waals surface area contributed by atoms with Gasteiger partial charge >= 0.3 is 12.1 Å². The van der Waals surface area contributed by atoms with Crippen molar-refractivity contribution in [1.82, 2.24) is 49.9 Å². The van der Waals surface area contributed by atoms with Gasteiger partial charge in [-0.05, 0) is 119 Å². The summed E-state index contributed by atoms with van der Waals surface area (Å²) in [6, 6.07) is 6.46. The summed E-state index contributed by atoms with van der Waals surface area (Å²) >= 11 is 1.38. The molecule has 1 aromatic carbocycles. The van der Waals surface area contributed by atoms with Crippen LogP contribution in [0.15, 0.2) is 35.8 Å². The SMILES string of the molecule is CC(C)c1ncc(N2CCN3CCOC[C@@H]3C2)cc1-c1c2c3cc(ccc3n1CC(F)(F)F)-c1csc(n1)C[C@H](NC(=O)[C@H](C1CCCC1)N1CC[C@]3(CCN(C(=O)[C@H]4[C@@H](C5CC5)N4C4CC4)C3)C1)C(=O)N1CCC[C@H](N1)C(=O)OCC(C)(C)C2. The summed E-state index contributed by atoms with van der Waals surface area (Å²) < 4.78 is 59.2. The zero-order valence-electron chi connectivity index (χ0n) is 49.8. The van der Waals surface area contributed by atoms with Gasteiger partial charge in [0.05, 0.1) is 65.9 Å². The van der Waals surface area contributed by atoms with Gasteiger partial charge in [0.25, 0.3) is 5.91 Å². The van der Waals surface area contributed by atoms with E-state index in [1.807, 2.05) is 57.5 Å². The van der Waals surface area contributed by atoms with E-state index in [1.54, 1.807) is 6.07 Å². The number of halogens is 3. The molecule has 9 fully saturated rings.